The van der Waals surface area contributed by atoms with E-state index in [2.05, 4.69) is 29.3 Å². The molecular formula is C23H18N2O2S. The molecule has 0 bridgehead atoms. The largest absolute Gasteiger partial charge is 0.508 e. The van der Waals surface area contributed by atoms with Crippen molar-refractivity contribution in [3.63, 3.8) is 0 Å². The number of amidine groups is 1. The van der Waals surface area contributed by atoms with Crippen LogP contribution in [0.1, 0.15) is 5.56 Å². The van der Waals surface area contributed by atoms with E-state index in [1.54, 1.807) is 24.3 Å². The molecule has 1 aliphatic heterocycles. The van der Waals surface area contributed by atoms with Crippen molar-refractivity contribution in [2.45, 2.75) is 0 Å². The average molecular weight is 386 g/mol. The molecule has 0 fully saturated rings. The maximum absolute atomic E-state index is 12.3. The van der Waals surface area contributed by atoms with Gasteiger partial charge in [0, 0.05) is 12.7 Å². The number of carbonyl (C=O) groups excluding carboxylic acids is 1. The summed E-state index contributed by atoms with van der Waals surface area (Å²) >= 11 is 1.35. The van der Waals surface area contributed by atoms with Gasteiger partial charge in [-0.2, -0.15) is 4.99 Å². The molecule has 0 aliphatic carbocycles. The van der Waals surface area contributed by atoms with Gasteiger partial charge in [-0.05, 0) is 58.8 Å². The van der Waals surface area contributed by atoms with Gasteiger partial charge in [-0.1, -0.05) is 54.6 Å². The van der Waals surface area contributed by atoms with Crippen LogP contribution < -0.4 is 4.90 Å². The molecule has 4 nitrogen and oxygen atoms in total. The minimum absolute atomic E-state index is 0.203. The standard InChI is InChI=1S/C23H18N2O2S/c1-25(19-11-13-20(26)14-12-19)23-24-22(27)21(28-23)15-16-7-9-18(10-8-16)17-5-3-2-4-6-17/h2-15,26H,1H3/b21-15+. The maximum atomic E-state index is 12.3. The van der Waals surface area contributed by atoms with Gasteiger partial charge in [0.1, 0.15) is 5.75 Å². The number of rotatable bonds is 3. The number of aromatic hydroxyl groups is 1. The quantitative estimate of drug-likeness (QED) is 0.631. The van der Waals surface area contributed by atoms with E-state index in [9.17, 15) is 9.90 Å². The van der Waals surface area contributed by atoms with Crippen molar-refractivity contribution in [2.75, 3.05) is 11.9 Å². The van der Waals surface area contributed by atoms with Crippen LogP contribution in [0.25, 0.3) is 17.2 Å². The molecule has 3 aromatic carbocycles. The third kappa shape index (κ3) is 3.85. The van der Waals surface area contributed by atoms with Crippen LogP contribution in [-0.2, 0) is 4.79 Å². The lowest BCUT2D eigenvalue weighted by atomic mass is 10.0. The van der Waals surface area contributed by atoms with Gasteiger partial charge in [0.25, 0.3) is 5.91 Å². The molecule has 1 heterocycles. The first-order valence-corrected chi connectivity index (χ1v) is 9.62. The van der Waals surface area contributed by atoms with E-state index in [1.165, 1.54) is 11.8 Å². The highest BCUT2D eigenvalue weighted by Crippen LogP contribution is 2.32. The van der Waals surface area contributed by atoms with Crippen molar-refractivity contribution >= 4 is 34.6 Å². The fourth-order valence-corrected chi connectivity index (χ4v) is 3.78. The Labute approximate surface area is 167 Å². The minimum atomic E-state index is -0.238. The number of amides is 1. The number of carbonyl (C=O) groups is 1. The fraction of sp³-hybridized carbons (Fsp3) is 0.0435. The van der Waals surface area contributed by atoms with Crippen molar-refractivity contribution in [2.24, 2.45) is 4.99 Å². The second-order valence-corrected chi connectivity index (χ2v) is 7.38. The molecule has 0 spiro atoms. The molecule has 0 unspecified atom stereocenters. The number of aliphatic imine (C=N–C) groups is 1. The van der Waals surface area contributed by atoms with Crippen LogP contribution in [0.5, 0.6) is 5.75 Å². The lowest BCUT2D eigenvalue weighted by molar-refractivity contribution is -0.113. The SMILES string of the molecule is CN(C1=NC(=O)/C(=C\c2ccc(-c3ccccc3)cc2)S1)c1ccc(O)cc1. The summed E-state index contributed by atoms with van der Waals surface area (Å²) < 4.78 is 0. The number of benzene rings is 3. The Morgan fingerprint density at radius 3 is 2.21 bits per heavy atom. The van der Waals surface area contributed by atoms with Crippen LogP contribution in [0.4, 0.5) is 5.69 Å². The van der Waals surface area contributed by atoms with Crippen molar-refractivity contribution in [3.05, 3.63) is 89.3 Å². The van der Waals surface area contributed by atoms with Crippen LogP contribution in [0.15, 0.2) is 88.8 Å². The van der Waals surface area contributed by atoms with Gasteiger partial charge in [-0.25, -0.2) is 0 Å². The summed E-state index contributed by atoms with van der Waals surface area (Å²) in [5.74, 6) is -0.0356. The number of nitrogens with zero attached hydrogens (tertiary/aromatic N) is 2. The monoisotopic (exact) mass is 386 g/mol. The van der Waals surface area contributed by atoms with Gasteiger partial charge in [0.15, 0.2) is 5.17 Å². The van der Waals surface area contributed by atoms with Crippen LogP contribution in [-0.4, -0.2) is 23.2 Å². The summed E-state index contributed by atoms with van der Waals surface area (Å²) in [5.41, 5.74) is 4.11. The molecule has 0 aromatic heterocycles. The number of phenolic OH excluding ortho intramolecular Hbond substituents is 1. The summed E-state index contributed by atoms with van der Waals surface area (Å²) in [6, 6.07) is 25.1. The molecule has 1 N–H and O–H groups in total. The van der Waals surface area contributed by atoms with E-state index in [0.717, 1.165) is 22.4 Å². The maximum Gasteiger partial charge on any atom is 0.286 e. The van der Waals surface area contributed by atoms with Crippen LogP contribution >= 0.6 is 11.8 Å². The van der Waals surface area contributed by atoms with Crippen molar-refractivity contribution in [3.8, 4) is 16.9 Å². The lowest BCUT2D eigenvalue weighted by Gasteiger charge is -2.17. The molecule has 138 valence electrons. The highest BCUT2D eigenvalue weighted by Gasteiger charge is 2.25. The molecular weight excluding hydrogens is 368 g/mol. The second kappa shape index (κ2) is 7.74. The summed E-state index contributed by atoms with van der Waals surface area (Å²) in [4.78, 5) is 18.9. The topological polar surface area (TPSA) is 52.9 Å². The Bertz CT molecular complexity index is 1060. The molecule has 0 atom stereocenters. The molecule has 1 amide bonds. The number of thioether (sulfide) groups is 1. The van der Waals surface area contributed by atoms with Crippen molar-refractivity contribution in [1.29, 1.82) is 0 Å². The summed E-state index contributed by atoms with van der Waals surface area (Å²) in [7, 11) is 1.85. The molecule has 3 aromatic rings. The first-order chi connectivity index (χ1) is 13.6. The Balaban J connectivity index is 1.50. The van der Waals surface area contributed by atoms with E-state index in [4.69, 9.17) is 0 Å². The number of phenols is 1. The first-order valence-electron chi connectivity index (χ1n) is 8.81. The lowest BCUT2D eigenvalue weighted by Crippen LogP contribution is -2.21. The van der Waals surface area contributed by atoms with Gasteiger partial charge >= 0.3 is 0 Å². The third-order valence-corrected chi connectivity index (χ3v) is 5.51. The van der Waals surface area contributed by atoms with E-state index in [0.29, 0.717) is 10.1 Å². The molecule has 1 aliphatic rings. The Morgan fingerprint density at radius 2 is 1.54 bits per heavy atom. The van der Waals surface area contributed by atoms with Crippen LogP contribution in [0.2, 0.25) is 0 Å². The summed E-state index contributed by atoms with van der Waals surface area (Å²) in [5, 5.41) is 10.0. The van der Waals surface area contributed by atoms with E-state index in [1.807, 2.05) is 48.4 Å². The van der Waals surface area contributed by atoms with Crippen molar-refractivity contribution in [1.82, 2.24) is 0 Å². The minimum Gasteiger partial charge on any atom is -0.508 e. The zero-order valence-corrected chi connectivity index (χ0v) is 16.1. The highest BCUT2D eigenvalue weighted by molar-refractivity contribution is 8.18. The van der Waals surface area contributed by atoms with Gasteiger partial charge < -0.3 is 10.0 Å². The van der Waals surface area contributed by atoms with Crippen molar-refractivity contribution < 1.29 is 9.90 Å². The number of hydrogen-bond donors (Lipinski definition) is 1. The van der Waals surface area contributed by atoms with Gasteiger partial charge in [-0.15, -0.1) is 0 Å². The summed E-state index contributed by atoms with van der Waals surface area (Å²) in [6.07, 6.45) is 1.86. The molecule has 4 rings (SSSR count). The molecule has 0 saturated heterocycles. The van der Waals surface area contributed by atoms with Crippen LogP contribution in [0, 0.1) is 0 Å². The summed E-state index contributed by atoms with van der Waals surface area (Å²) in [6.45, 7) is 0. The highest BCUT2D eigenvalue weighted by atomic mass is 32.2. The second-order valence-electron chi connectivity index (χ2n) is 6.37. The normalized spacial score (nSPS) is 15.0. The van der Waals surface area contributed by atoms with E-state index in [-0.39, 0.29) is 11.7 Å². The van der Waals surface area contributed by atoms with Gasteiger partial charge in [-0.3, -0.25) is 4.79 Å². The zero-order chi connectivity index (χ0) is 19.5. The van der Waals surface area contributed by atoms with Gasteiger partial charge in [0.05, 0.1) is 4.91 Å². The zero-order valence-electron chi connectivity index (χ0n) is 15.2. The fourth-order valence-electron chi connectivity index (χ4n) is 2.88. The Kier molecular flexibility index (Phi) is 5.00. The molecule has 0 radical (unpaired) electrons. The third-order valence-electron chi connectivity index (χ3n) is 4.45. The van der Waals surface area contributed by atoms with Crippen LogP contribution in [0.3, 0.4) is 0 Å². The molecule has 0 saturated carbocycles. The molecule has 5 heteroatoms. The van der Waals surface area contributed by atoms with E-state index >= 15 is 0 Å². The number of anilines is 1. The Morgan fingerprint density at radius 1 is 0.893 bits per heavy atom. The number of hydrogen-bond acceptors (Lipinski definition) is 4. The van der Waals surface area contributed by atoms with E-state index < -0.39 is 0 Å². The average Bonchev–Trinajstić information content (AvgIpc) is 3.09. The predicted octanol–water partition coefficient (Wildman–Crippen LogP) is 5.17. The first kappa shape index (κ1) is 18.1. The predicted molar refractivity (Wildman–Crippen MR) is 116 cm³/mol. The smallest absolute Gasteiger partial charge is 0.286 e. The Hall–Kier alpha value is -3.31. The molecule has 28 heavy (non-hydrogen) atoms. The van der Waals surface area contributed by atoms with Gasteiger partial charge in [0.2, 0.25) is 0 Å².